The van der Waals surface area contributed by atoms with Crippen LogP contribution in [0.5, 0.6) is 0 Å². The van der Waals surface area contributed by atoms with Crippen LogP contribution in [0.15, 0.2) is 65.2 Å². The highest BCUT2D eigenvalue weighted by Gasteiger charge is 2.44. The Morgan fingerprint density at radius 2 is 1.76 bits per heavy atom. The lowest BCUT2D eigenvalue weighted by molar-refractivity contribution is -0.905. The van der Waals surface area contributed by atoms with Gasteiger partial charge in [-0.2, -0.15) is 0 Å². The van der Waals surface area contributed by atoms with Crippen LogP contribution in [0.2, 0.25) is 5.02 Å². The van der Waals surface area contributed by atoms with Crippen LogP contribution in [0.4, 0.5) is 0 Å². The lowest BCUT2D eigenvalue weighted by Crippen LogP contribution is -2.41. The normalized spacial score (nSPS) is 16.9. The van der Waals surface area contributed by atoms with E-state index in [0.29, 0.717) is 30.1 Å². The molecule has 2 aromatic carbocycles. The van der Waals surface area contributed by atoms with Crippen molar-refractivity contribution in [1.82, 2.24) is 4.98 Å². The summed E-state index contributed by atoms with van der Waals surface area (Å²) in [4.78, 5) is 4.60. The van der Waals surface area contributed by atoms with Crippen molar-refractivity contribution in [1.29, 1.82) is 0 Å². The van der Waals surface area contributed by atoms with Crippen molar-refractivity contribution in [3.8, 4) is 0 Å². The molecule has 1 atom stereocenters. The van der Waals surface area contributed by atoms with Gasteiger partial charge >= 0.3 is 0 Å². The van der Waals surface area contributed by atoms with Gasteiger partial charge in [-0.3, -0.25) is 0 Å². The molecule has 1 aliphatic carbocycles. The van der Waals surface area contributed by atoms with E-state index >= 15 is 0 Å². The number of quaternary nitrogens is 1. The van der Waals surface area contributed by atoms with Crippen molar-refractivity contribution in [3.63, 3.8) is 0 Å². The second kappa shape index (κ2) is 11.0. The molecule has 0 aliphatic heterocycles. The maximum Gasteiger partial charge on any atom is 0.231 e. The van der Waals surface area contributed by atoms with Crippen LogP contribution in [0.3, 0.4) is 0 Å². The van der Waals surface area contributed by atoms with Crippen molar-refractivity contribution in [2.24, 2.45) is 5.92 Å². The predicted molar refractivity (Wildman–Crippen MR) is 134 cm³/mol. The third kappa shape index (κ3) is 6.08. The summed E-state index contributed by atoms with van der Waals surface area (Å²) in [6.45, 7) is 2.70. The number of hydrogen-bond donors (Lipinski definition) is 1. The first kappa shape index (κ1) is 24.9. The third-order valence-electron chi connectivity index (χ3n) is 6.90. The fraction of sp³-hybridized carbons (Fsp3) is 0.464. The number of rotatable bonds is 10. The number of aliphatic hydroxyl groups is 1. The van der Waals surface area contributed by atoms with E-state index in [1.54, 1.807) is 6.20 Å². The Morgan fingerprint density at radius 3 is 2.47 bits per heavy atom. The van der Waals surface area contributed by atoms with Crippen molar-refractivity contribution in [2.45, 2.75) is 50.9 Å². The standard InChI is InChI=1S/C28H36ClN2O3/c1-31(2,17-18-33-21-22-13-15-25(29)16-14-22)20-26-19-30-27(34-26)28(32,23-9-5-3-6-10-23)24-11-7-4-8-12-24/h3,5-6,9-10,13-16,19,24,32H,4,7-8,11-12,17-18,20-21H2,1-2H3/q+1/t28-/m0/s1. The second-order valence-electron chi connectivity index (χ2n) is 10.1. The van der Waals surface area contributed by atoms with Crippen molar-refractivity contribution >= 4 is 11.6 Å². The number of oxazole rings is 1. The summed E-state index contributed by atoms with van der Waals surface area (Å²) < 4.78 is 12.8. The van der Waals surface area contributed by atoms with Gasteiger partial charge in [0.05, 0.1) is 33.5 Å². The van der Waals surface area contributed by atoms with E-state index in [1.807, 2.05) is 54.6 Å². The lowest BCUT2D eigenvalue weighted by atomic mass is 9.73. The molecule has 0 radical (unpaired) electrons. The highest BCUT2D eigenvalue weighted by Crippen LogP contribution is 2.43. The van der Waals surface area contributed by atoms with E-state index in [4.69, 9.17) is 20.8 Å². The molecule has 34 heavy (non-hydrogen) atoms. The minimum absolute atomic E-state index is 0.110. The summed E-state index contributed by atoms with van der Waals surface area (Å²) >= 11 is 5.95. The van der Waals surface area contributed by atoms with Gasteiger partial charge in [-0.1, -0.05) is 73.3 Å². The predicted octanol–water partition coefficient (Wildman–Crippen LogP) is 5.94. The molecule has 1 N–H and O–H groups in total. The molecule has 1 fully saturated rings. The van der Waals surface area contributed by atoms with Crippen LogP contribution in [-0.2, 0) is 23.5 Å². The zero-order chi connectivity index (χ0) is 24.0. The lowest BCUT2D eigenvalue weighted by Gasteiger charge is -2.36. The smallest absolute Gasteiger partial charge is 0.231 e. The molecule has 182 valence electrons. The Labute approximate surface area is 207 Å². The minimum Gasteiger partial charge on any atom is -0.436 e. The summed E-state index contributed by atoms with van der Waals surface area (Å²) in [5.74, 6) is 1.31. The monoisotopic (exact) mass is 483 g/mol. The van der Waals surface area contributed by atoms with E-state index in [-0.39, 0.29) is 5.92 Å². The summed E-state index contributed by atoms with van der Waals surface area (Å²) in [7, 11) is 4.30. The number of benzene rings is 2. The highest BCUT2D eigenvalue weighted by atomic mass is 35.5. The number of nitrogens with zero attached hydrogens (tertiary/aromatic N) is 2. The fourth-order valence-corrected chi connectivity index (χ4v) is 5.01. The van der Waals surface area contributed by atoms with E-state index in [1.165, 1.54) is 6.42 Å². The minimum atomic E-state index is -1.20. The Hall–Kier alpha value is -2.18. The molecule has 1 aliphatic rings. The Balaban J connectivity index is 1.40. The number of hydrogen-bond acceptors (Lipinski definition) is 4. The zero-order valence-electron chi connectivity index (χ0n) is 20.3. The van der Waals surface area contributed by atoms with Crippen molar-refractivity contribution in [2.75, 3.05) is 27.2 Å². The van der Waals surface area contributed by atoms with Crippen molar-refractivity contribution in [3.05, 3.63) is 88.6 Å². The van der Waals surface area contributed by atoms with E-state index < -0.39 is 5.60 Å². The van der Waals surface area contributed by atoms with Gasteiger partial charge in [0.2, 0.25) is 5.89 Å². The van der Waals surface area contributed by atoms with Gasteiger partial charge in [-0.05, 0) is 36.1 Å². The number of likely N-dealkylation sites (N-methyl/N-ethyl adjacent to an activating group) is 1. The first-order chi connectivity index (χ1) is 16.4. The molecule has 0 spiro atoms. The van der Waals surface area contributed by atoms with E-state index in [2.05, 4.69) is 19.1 Å². The summed E-state index contributed by atoms with van der Waals surface area (Å²) in [6.07, 6.45) is 7.23. The molecular weight excluding hydrogens is 448 g/mol. The first-order valence-corrected chi connectivity index (χ1v) is 12.6. The number of halogens is 1. The Kier molecular flexibility index (Phi) is 8.10. The maximum atomic E-state index is 12.0. The van der Waals surface area contributed by atoms with E-state index in [9.17, 15) is 5.11 Å². The quantitative estimate of drug-likeness (QED) is 0.286. The van der Waals surface area contributed by atoms with Crippen LogP contribution in [0.1, 0.15) is 54.9 Å². The average molecular weight is 484 g/mol. The van der Waals surface area contributed by atoms with Gasteiger partial charge in [0, 0.05) is 10.9 Å². The van der Waals surface area contributed by atoms with E-state index in [0.717, 1.165) is 54.1 Å². The topological polar surface area (TPSA) is 55.5 Å². The van der Waals surface area contributed by atoms with Crippen LogP contribution in [0.25, 0.3) is 0 Å². The zero-order valence-corrected chi connectivity index (χ0v) is 21.0. The van der Waals surface area contributed by atoms with Gasteiger partial charge in [-0.25, -0.2) is 4.98 Å². The molecule has 1 saturated carbocycles. The van der Waals surface area contributed by atoms with Gasteiger partial charge in [0.1, 0.15) is 13.1 Å². The maximum absolute atomic E-state index is 12.0. The molecule has 5 nitrogen and oxygen atoms in total. The summed E-state index contributed by atoms with van der Waals surface area (Å²) in [5, 5.41) is 12.7. The molecule has 1 aromatic heterocycles. The molecule has 0 amide bonds. The Bertz CT molecular complexity index is 1030. The van der Waals surface area contributed by atoms with Gasteiger partial charge in [0.25, 0.3) is 0 Å². The first-order valence-electron chi connectivity index (χ1n) is 12.2. The second-order valence-corrected chi connectivity index (χ2v) is 10.5. The molecule has 3 aromatic rings. The molecule has 0 unspecified atom stereocenters. The molecule has 6 heteroatoms. The number of aromatic nitrogens is 1. The third-order valence-corrected chi connectivity index (χ3v) is 7.15. The SMILES string of the molecule is C[N+](C)(CCOCc1ccc(Cl)cc1)Cc1cnc([C@](O)(c2ccccc2)C2CCCCC2)o1. The van der Waals surface area contributed by atoms with Crippen LogP contribution in [0, 0.1) is 5.92 Å². The van der Waals surface area contributed by atoms with Crippen LogP contribution < -0.4 is 0 Å². The molecular formula is C28H36ClN2O3+. The summed E-state index contributed by atoms with van der Waals surface area (Å²) in [5.41, 5.74) is 0.774. The van der Waals surface area contributed by atoms with Crippen LogP contribution in [-0.4, -0.2) is 41.8 Å². The Morgan fingerprint density at radius 1 is 1.06 bits per heavy atom. The molecule has 1 heterocycles. The molecule has 0 saturated heterocycles. The van der Waals surface area contributed by atoms with Crippen LogP contribution >= 0.6 is 11.6 Å². The highest BCUT2D eigenvalue weighted by molar-refractivity contribution is 6.30. The molecule has 4 rings (SSSR count). The average Bonchev–Trinajstić information content (AvgIpc) is 3.32. The fourth-order valence-electron chi connectivity index (χ4n) is 4.89. The van der Waals surface area contributed by atoms with Gasteiger partial charge < -0.3 is 18.7 Å². The van der Waals surface area contributed by atoms with Gasteiger partial charge in [-0.15, -0.1) is 0 Å². The van der Waals surface area contributed by atoms with Crippen molar-refractivity contribution < 1.29 is 18.7 Å². The largest absolute Gasteiger partial charge is 0.436 e. The summed E-state index contributed by atoms with van der Waals surface area (Å²) in [6, 6.07) is 17.6. The van der Waals surface area contributed by atoms with Gasteiger partial charge in [0.15, 0.2) is 11.4 Å². The molecule has 0 bridgehead atoms. The number of ether oxygens (including phenoxy) is 1.